The molecule has 4 rings (SSSR count). The molecule has 3 N–H and O–H groups in total. The third kappa shape index (κ3) is 3.57. The van der Waals surface area contributed by atoms with E-state index in [-0.39, 0.29) is 17.8 Å². The summed E-state index contributed by atoms with van der Waals surface area (Å²) in [4.78, 5) is 21.0. The number of halogens is 1. The topological polar surface area (TPSA) is 79.4 Å². The van der Waals surface area contributed by atoms with Crippen molar-refractivity contribution in [2.75, 3.05) is 36.2 Å². The maximum Gasteiger partial charge on any atom is 0.321 e. The minimum absolute atomic E-state index is 0.113. The monoisotopic (exact) mass is 396 g/mol. The number of fused-ring (bicyclic) bond motifs is 1. The van der Waals surface area contributed by atoms with Gasteiger partial charge in [-0.3, -0.25) is 4.68 Å². The Morgan fingerprint density at radius 1 is 1.31 bits per heavy atom. The first-order valence-corrected chi connectivity index (χ1v) is 9.70. The Kier molecular flexibility index (Phi) is 5.00. The molecule has 1 aliphatic rings. The van der Waals surface area contributed by atoms with Crippen LogP contribution in [0.3, 0.4) is 0 Å². The Bertz CT molecular complexity index is 1030. The highest BCUT2D eigenvalue weighted by Gasteiger charge is 2.32. The number of para-hydroxylation sites is 1. The molecule has 3 aromatic rings. The number of likely N-dealkylation sites (tertiary alicyclic amines) is 1. The van der Waals surface area contributed by atoms with Gasteiger partial charge in [0.05, 0.1) is 5.69 Å². The second kappa shape index (κ2) is 7.62. The summed E-state index contributed by atoms with van der Waals surface area (Å²) in [5.41, 5.74) is 1.93. The van der Waals surface area contributed by atoms with Gasteiger partial charge in [-0.1, -0.05) is 19.1 Å². The lowest BCUT2D eigenvalue weighted by Gasteiger charge is -2.42. The van der Waals surface area contributed by atoms with Crippen LogP contribution < -0.4 is 16.1 Å². The molecule has 29 heavy (non-hydrogen) atoms. The zero-order valence-corrected chi connectivity index (χ0v) is 16.5. The highest BCUT2D eigenvalue weighted by Crippen LogP contribution is 2.30. The normalized spacial score (nSPS) is 19.3. The summed E-state index contributed by atoms with van der Waals surface area (Å²) in [6.45, 7) is 3.38. The van der Waals surface area contributed by atoms with Crippen molar-refractivity contribution >= 4 is 28.4 Å². The number of urea groups is 1. The van der Waals surface area contributed by atoms with Crippen LogP contribution in [-0.2, 0) is 0 Å². The van der Waals surface area contributed by atoms with Gasteiger partial charge in [-0.25, -0.2) is 14.2 Å². The number of rotatable bonds is 3. The second-order valence-electron chi connectivity index (χ2n) is 7.59. The number of aromatic nitrogens is 2. The molecule has 0 saturated carbocycles. The molecule has 2 aromatic heterocycles. The van der Waals surface area contributed by atoms with Crippen LogP contribution in [-0.4, -0.2) is 46.8 Å². The number of nitrogens with zero attached hydrogens (tertiary/aromatic N) is 4. The van der Waals surface area contributed by atoms with E-state index in [1.54, 1.807) is 35.5 Å². The molecular formula is C21H25FN6O. The number of nitrogens with one attached hydrogen (secondary N) is 1. The molecule has 1 aliphatic heterocycles. The summed E-state index contributed by atoms with van der Waals surface area (Å²) in [5.74, 6) is 5.89. The Balaban J connectivity index is 1.54. The number of amides is 2. The second-order valence-corrected chi connectivity index (χ2v) is 7.59. The smallest absolute Gasteiger partial charge is 0.321 e. The van der Waals surface area contributed by atoms with Crippen LogP contribution in [0.15, 0.2) is 48.8 Å². The van der Waals surface area contributed by atoms with E-state index < -0.39 is 5.82 Å². The van der Waals surface area contributed by atoms with Crippen molar-refractivity contribution in [1.82, 2.24) is 14.6 Å². The highest BCUT2D eigenvalue weighted by molar-refractivity contribution is 5.91. The third-order valence-corrected chi connectivity index (χ3v) is 5.79. The first kappa shape index (κ1) is 19.0. The number of nitrogen functional groups attached to an aromatic ring is 1. The molecule has 0 bridgehead atoms. The number of likely N-dealkylation sites (N-methyl/N-ethyl adjacent to an activating group) is 1. The number of anilines is 2. The van der Waals surface area contributed by atoms with Gasteiger partial charge < -0.3 is 21.0 Å². The first-order chi connectivity index (χ1) is 14.0. The summed E-state index contributed by atoms with van der Waals surface area (Å²) < 4.78 is 15.4. The molecule has 1 aromatic carbocycles. The standard InChI is InChI=1S/C21H25FN6O/c1-14-8-11-27(21(29)25-17-6-4-3-5-16(17)22)13-19(14)26(2)18-7-10-24-20-15(18)9-12-28(20)23/h3-7,9-10,12,14,19H,8,11,13,23H2,1-2H3,(H,25,29)/t14-,19?/m1/s1. The number of hydrogen-bond acceptors (Lipinski definition) is 4. The number of carbonyl (C=O) groups is 1. The van der Waals surface area contributed by atoms with Crippen molar-refractivity contribution in [3.63, 3.8) is 0 Å². The molecule has 0 spiro atoms. The summed E-state index contributed by atoms with van der Waals surface area (Å²) in [6.07, 6.45) is 4.40. The third-order valence-electron chi connectivity index (χ3n) is 5.79. The van der Waals surface area contributed by atoms with Crippen LogP contribution in [0.25, 0.3) is 11.0 Å². The molecule has 1 fully saturated rings. The molecule has 7 nitrogen and oxygen atoms in total. The lowest BCUT2D eigenvalue weighted by Crippen LogP contribution is -2.53. The molecule has 8 heteroatoms. The van der Waals surface area contributed by atoms with Crippen LogP contribution in [0, 0.1) is 11.7 Å². The maximum absolute atomic E-state index is 13.9. The Hall–Kier alpha value is -3.29. The summed E-state index contributed by atoms with van der Waals surface area (Å²) in [7, 11) is 2.03. The lowest BCUT2D eigenvalue weighted by atomic mass is 9.92. The number of nitrogens with two attached hydrogens (primary N) is 1. The summed E-state index contributed by atoms with van der Waals surface area (Å²) >= 11 is 0. The van der Waals surface area contributed by atoms with E-state index in [0.29, 0.717) is 24.7 Å². The average Bonchev–Trinajstić information content (AvgIpc) is 3.10. The van der Waals surface area contributed by atoms with E-state index in [1.807, 2.05) is 19.2 Å². The van der Waals surface area contributed by atoms with Crippen molar-refractivity contribution in [1.29, 1.82) is 0 Å². The van der Waals surface area contributed by atoms with Gasteiger partial charge in [-0.05, 0) is 36.6 Å². The molecule has 0 aliphatic carbocycles. The Morgan fingerprint density at radius 3 is 2.90 bits per heavy atom. The molecule has 0 radical (unpaired) electrons. The predicted octanol–water partition coefficient (Wildman–Crippen LogP) is 3.27. The van der Waals surface area contributed by atoms with E-state index in [1.165, 1.54) is 10.7 Å². The SMILES string of the molecule is C[C@@H]1CCN(C(=O)Nc2ccccc2F)CC1N(C)c1ccnc2c1ccn2N. The highest BCUT2D eigenvalue weighted by atomic mass is 19.1. The van der Waals surface area contributed by atoms with Gasteiger partial charge in [-0.15, -0.1) is 0 Å². The van der Waals surface area contributed by atoms with Crippen molar-refractivity contribution < 1.29 is 9.18 Å². The number of carbonyl (C=O) groups excluding carboxylic acids is 1. The van der Waals surface area contributed by atoms with Crippen LogP contribution >= 0.6 is 0 Å². The van der Waals surface area contributed by atoms with E-state index in [0.717, 1.165) is 17.5 Å². The number of hydrogen-bond donors (Lipinski definition) is 2. The largest absolute Gasteiger partial charge is 0.369 e. The van der Waals surface area contributed by atoms with Crippen LogP contribution in [0.4, 0.5) is 20.6 Å². The van der Waals surface area contributed by atoms with Crippen LogP contribution in [0.5, 0.6) is 0 Å². The van der Waals surface area contributed by atoms with Gasteiger partial charge >= 0.3 is 6.03 Å². The molecular weight excluding hydrogens is 371 g/mol. The minimum Gasteiger partial charge on any atom is -0.369 e. The Morgan fingerprint density at radius 2 is 2.10 bits per heavy atom. The minimum atomic E-state index is -0.439. The number of pyridine rings is 1. The molecule has 1 unspecified atom stereocenters. The average molecular weight is 396 g/mol. The van der Waals surface area contributed by atoms with Crippen molar-refractivity contribution in [3.05, 3.63) is 54.6 Å². The molecule has 2 amide bonds. The molecule has 2 atom stereocenters. The quantitative estimate of drug-likeness (QED) is 0.666. The number of benzene rings is 1. The number of piperidine rings is 1. The van der Waals surface area contributed by atoms with Crippen molar-refractivity contribution in [3.8, 4) is 0 Å². The first-order valence-electron chi connectivity index (χ1n) is 9.70. The maximum atomic E-state index is 13.9. The van der Waals surface area contributed by atoms with Gasteiger partial charge in [0.2, 0.25) is 0 Å². The molecule has 3 heterocycles. The van der Waals surface area contributed by atoms with Gasteiger partial charge in [-0.2, -0.15) is 0 Å². The zero-order valence-electron chi connectivity index (χ0n) is 16.5. The van der Waals surface area contributed by atoms with Crippen LogP contribution in [0.2, 0.25) is 0 Å². The van der Waals surface area contributed by atoms with Gasteiger partial charge in [0, 0.05) is 49.6 Å². The fraction of sp³-hybridized carbons (Fsp3) is 0.333. The molecule has 152 valence electrons. The predicted molar refractivity (Wildman–Crippen MR) is 113 cm³/mol. The van der Waals surface area contributed by atoms with E-state index in [2.05, 4.69) is 22.1 Å². The van der Waals surface area contributed by atoms with Gasteiger partial charge in [0.15, 0.2) is 5.65 Å². The van der Waals surface area contributed by atoms with Crippen molar-refractivity contribution in [2.45, 2.75) is 19.4 Å². The van der Waals surface area contributed by atoms with Crippen molar-refractivity contribution in [2.24, 2.45) is 5.92 Å². The molecule has 1 saturated heterocycles. The summed E-state index contributed by atoms with van der Waals surface area (Å²) in [6, 6.07) is 9.94. The lowest BCUT2D eigenvalue weighted by molar-refractivity contribution is 0.172. The Labute approximate surface area is 168 Å². The van der Waals surface area contributed by atoms with Gasteiger partial charge in [0.25, 0.3) is 0 Å². The zero-order chi connectivity index (χ0) is 20.5. The van der Waals surface area contributed by atoms with E-state index in [9.17, 15) is 9.18 Å². The van der Waals surface area contributed by atoms with E-state index in [4.69, 9.17) is 5.84 Å². The van der Waals surface area contributed by atoms with Gasteiger partial charge in [0.1, 0.15) is 5.82 Å². The van der Waals surface area contributed by atoms with E-state index >= 15 is 0 Å². The fourth-order valence-electron chi connectivity index (χ4n) is 4.02. The summed E-state index contributed by atoms with van der Waals surface area (Å²) in [5, 5.41) is 3.66. The fourth-order valence-corrected chi connectivity index (χ4v) is 4.02. The van der Waals surface area contributed by atoms with Crippen LogP contribution in [0.1, 0.15) is 13.3 Å².